The van der Waals surface area contributed by atoms with Crippen molar-refractivity contribution in [2.45, 2.75) is 4.90 Å². The fraction of sp³-hybridized carbons (Fsp3) is 0.0625. The number of hydrogen-bond acceptors (Lipinski definition) is 3. The summed E-state index contributed by atoms with van der Waals surface area (Å²) in [6.07, 6.45) is 5.05. The summed E-state index contributed by atoms with van der Waals surface area (Å²) in [5.74, 6) is 1.06. The Bertz CT molecular complexity index is 873. The molecule has 0 atom stereocenters. The molecule has 0 aliphatic heterocycles. The van der Waals surface area contributed by atoms with Crippen LogP contribution >= 0.6 is 0 Å². The Morgan fingerprint density at radius 2 is 1.91 bits per heavy atom. The molecule has 0 fully saturated rings. The first-order valence-electron chi connectivity index (χ1n) is 6.53. The summed E-state index contributed by atoms with van der Waals surface area (Å²) in [6.45, 7) is 0.0310. The Labute approximate surface area is 133 Å². The first-order valence-corrected chi connectivity index (χ1v) is 8.01. The minimum absolute atomic E-state index is 0.0310. The van der Waals surface area contributed by atoms with Crippen LogP contribution in [0.2, 0.25) is 0 Å². The molecule has 2 aromatic carbocycles. The van der Waals surface area contributed by atoms with Gasteiger partial charge in [-0.05, 0) is 30.3 Å². The van der Waals surface area contributed by atoms with Gasteiger partial charge in [0, 0.05) is 5.56 Å². The number of carbonyl (C=O) groups is 1. The lowest BCUT2D eigenvalue weighted by molar-refractivity contribution is 0.0958. The molecule has 0 spiro atoms. The van der Waals surface area contributed by atoms with E-state index in [9.17, 15) is 17.6 Å². The van der Waals surface area contributed by atoms with Gasteiger partial charge in [0.2, 0.25) is 0 Å². The van der Waals surface area contributed by atoms with Crippen LogP contribution in [-0.2, 0) is 10.0 Å². The first kappa shape index (κ1) is 16.5. The summed E-state index contributed by atoms with van der Waals surface area (Å²) in [4.78, 5) is 11.7. The van der Waals surface area contributed by atoms with Gasteiger partial charge in [0.15, 0.2) is 0 Å². The van der Waals surface area contributed by atoms with E-state index < -0.39 is 21.7 Å². The van der Waals surface area contributed by atoms with E-state index in [0.29, 0.717) is 0 Å². The summed E-state index contributed by atoms with van der Waals surface area (Å²) >= 11 is 0. The molecule has 0 unspecified atom stereocenters. The van der Waals surface area contributed by atoms with Crippen molar-refractivity contribution in [2.24, 2.45) is 0 Å². The van der Waals surface area contributed by atoms with Crippen molar-refractivity contribution in [3.63, 3.8) is 0 Å². The lowest BCUT2D eigenvalue weighted by Crippen LogP contribution is -2.24. The molecular weight excluding hydrogens is 319 g/mol. The molecule has 0 saturated heterocycles. The second kappa shape index (κ2) is 6.94. The van der Waals surface area contributed by atoms with Gasteiger partial charge in [-0.1, -0.05) is 24.1 Å². The SMILES string of the molecule is C#CCNC(=O)c1cccc(S(=O)(=O)Nc2ccccc2F)c1. The third kappa shape index (κ3) is 4.08. The Kier molecular flexibility index (Phi) is 4.98. The van der Waals surface area contributed by atoms with E-state index >= 15 is 0 Å². The van der Waals surface area contributed by atoms with Gasteiger partial charge in [-0.25, -0.2) is 12.8 Å². The predicted octanol–water partition coefficient (Wildman–Crippen LogP) is 1.99. The van der Waals surface area contributed by atoms with Crippen LogP contribution < -0.4 is 10.0 Å². The zero-order valence-corrected chi connectivity index (χ0v) is 12.7. The van der Waals surface area contributed by atoms with E-state index in [4.69, 9.17) is 6.42 Å². The maximum atomic E-state index is 13.6. The number of carbonyl (C=O) groups excluding carboxylic acids is 1. The number of benzene rings is 2. The summed E-state index contributed by atoms with van der Waals surface area (Å²) in [5, 5.41) is 2.44. The topological polar surface area (TPSA) is 75.3 Å². The molecular formula is C16H13FN2O3S. The largest absolute Gasteiger partial charge is 0.341 e. The number of amides is 1. The van der Waals surface area contributed by atoms with E-state index in [1.54, 1.807) is 0 Å². The molecule has 2 N–H and O–H groups in total. The number of terminal acetylenes is 1. The van der Waals surface area contributed by atoms with Crippen molar-refractivity contribution in [1.82, 2.24) is 5.32 Å². The number of anilines is 1. The lowest BCUT2D eigenvalue weighted by Gasteiger charge is -2.10. The van der Waals surface area contributed by atoms with Crippen LogP contribution in [-0.4, -0.2) is 20.9 Å². The van der Waals surface area contributed by atoms with Gasteiger partial charge in [0.05, 0.1) is 17.1 Å². The number of hydrogen-bond donors (Lipinski definition) is 2. The maximum absolute atomic E-state index is 13.6. The van der Waals surface area contributed by atoms with E-state index in [-0.39, 0.29) is 22.7 Å². The van der Waals surface area contributed by atoms with Crippen molar-refractivity contribution in [1.29, 1.82) is 0 Å². The molecule has 0 bridgehead atoms. The predicted molar refractivity (Wildman–Crippen MR) is 84.8 cm³/mol. The highest BCUT2D eigenvalue weighted by atomic mass is 32.2. The van der Waals surface area contributed by atoms with Gasteiger partial charge in [0.1, 0.15) is 5.82 Å². The number of sulfonamides is 1. The second-order valence-corrected chi connectivity index (χ2v) is 6.18. The van der Waals surface area contributed by atoms with Gasteiger partial charge < -0.3 is 5.32 Å². The summed E-state index contributed by atoms with van der Waals surface area (Å²) < 4.78 is 40.3. The number of rotatable bonds is 5. The Balaban J connectivity index is 2.29. The van der Waals surface area contributed by atoms with E-state index in [1.807, 2.05) is 0 Å². The normalized spacial score (nSPS) is 10.6. The molecule has 0 aromatic heterocycles. The monoisotopic (exact) mass is 332 g/mol. The van der Waals surface area contributed by atoms with Crippen LogP contribution in [0.4, 0.5) is 10.1 Å². The molecule has 7 heteroatoms. The van der Waals surface area contributed by atoms with Crippen LogP contribution in [0.1, 0.15) is 10.4 Å². The molecule has 0 aliphatic carbocycles. The number of para-hydroxylation sites is 1. The van der Waals surface area contributed by atoms with E-state index in [1.165, 1.54) is 42.5 Å². The third-order valence-corrected chi connectivity index (χ3v) is 4.24. The molecule has 23 heavy (non-hydrogen) atoms. The molecule has 118 valence electrons. The summed E-state index contributed by atoms with van der Waals surface area (Å²) in [7, 11) is -4.02. The minimum Gasteiger partial charge on any atom is -0.341 e. The lowest BCUT2D eigenvalue weighted by atomic mass is 10.2. The Morgan fingerprint density at radius 1 is 1.17 bits per heavy atom. The average molecular weight is 332 g/mol. The molecule has 2 aromatic rings. The van der Waals surface area contributed by atoms with Gasteiger partial charge in [-0.2, -0.15) is 0 Å². The molecule has 0 radical (unpaired) electrons. The zero-order chi connectivity index (χ0) is 16.9. The van der Waals surface area contributed by atoms with E-state index in [2.05, 4.69) is 16.0 Å². The molecule has 2 rings (SSSR count). The number of nitrogens with one attached hydrogen (secondary N) is 2. The average Bonchev–Trinajstić information content (AvgIpc) is 2.54. The first-order chi connectivity index (χ1) is 10.9. The van der Waals surface area contributed by atoms with Crippen LogP contribution in [0.5, 0.6) is 0 Å². The fourth-order valence-electron chi connectivity index (χ4n) is 1.79. The summed E-state index contributed by atoms with van der Waals surface area (Å²) in [6, 6.07) is 10.8. The highest BCUT2D eigenvalue weighted by Crippen LogP contribution is 2.19. The van der Waals surface area contributed by atoms with Gasteiger partial charge >= 0.3 is 0 Å². The van der Waals surface area contributed by atoms with Gasteiger partial charge in [-0.3, -0.25) is 9.52 Å². The second-order valence-electron chi connectivity index (χ2n) is 4.50. The molecule has 5 nitrogen and oxygen atoms in total. The molecule has 0 saturated carbocycles. The summed E-state index contributed by atoms with van der Waals surface area (Å²) in [5.41, 5.74) is -0.0358. The van der Waals surface area contributed by atoms with Gasteiger partial charge in [0.25, 0.3) is 15.9 Å². The van der Waals surface area contributed by atoms with Crippen molar-refractivity contribution < 1.29 is 17.6 Å². The van der Waals surface area contributed by atoms with Crippen LogP contribution in [0, 0.1) is 18.2 Å². The quantitative estimate of drug-likeness (QED) is 0.822. The van der Waals surface area contributed by atoms with Gasteiger partial charge in [-0.15, -0.1) is 6.42 Å². The smallest absolute Gasteiger partial charge is 0.262 e. The van der Waals surface area contributed by atoms with Crippen LogP contribution in [0.3, 0.4) is 0 Å². The van der Waals surface area contributed by atoms with E-state index in [0.717, 1.165) is 6.07 Å². The molecule has 0 aliphatic rings. The maximum Gasteiger partial charge on any atom is 0.262 e. The highest BCUT2D eigenvalue weighted by molar-refractivity contribution is 7.92. The van der Waals surface area contributed by atoms with Crippen molar-refractivity contribution >= 4 is 21.6 Å². The van der Waals surface area contributed by atoms with Crippen molar-refractivity contribution in [3.8, 4) is 12.3 Å². The number of halogens is 1. The minimum atomic E-state index is -4.02. The van der Waals surface area contributed by atoms with Crippen LogP contribution in [0.15, 0.2) is 53.4 Å². The standard InChI is InChI=1S/C16H13FN2O3S/c1-2-10-18-16(20)12-6-5-7-13(11-12)23(21,22)19-15-9-4-3-8-14(15)17/h1,3-9,11,19H,10H2,(H,18,20). The Morgan fingerprint density at radius 3 is 2.61 bits per heavy atom. The fourth-order valence-corrected chi connectivity index (χ4v) is 2.90. The third-order valence-electron chi connectivity index (χ3n) is 2.88. The molecule has 0 heterocycles. The van der Waals surface area contributed by atoms with Crippen molar-refractivity contribution in [3.05, 3.63) is 59.9 Å². The van der Waals surface area contributed by atoms with Crippen molar-refractivity contribution in [2.75, 3.05) is 11.3 Å². The van der Waals surface area contributed by atoms with Crippen LogP contribution in [0.25, 0.3) is 0 Å². The highest BCUT2D eigenvalue weighted by Gasteiger charge is 2.17. The zero-order valence-electron chi connectivity index (χ0n) is 11.9. The Hall–Kier alpha value is -2.85. The molecule has 1 amide bonds.